The summed E-state index contributed by atoms with van der Waals surface area (Å²) >= 11 is 3.22. The third kappa shape index (κ3) is 5.15. The van der Waals surface area contributed by atoms with Gasteiger partial charge in [0, 0.05) is 46.4 Å². The summed E-state index contributed by atoms with van der Waals surface area (Å²) in [7, 11) is 3.11. The van der Waals surface area contributed by atoms with Gasteiger partial charge in [0.05, 0.1) is 20.1 Å². The molecule has 7 nitrogen and oxygen atoms in total. The summed E-state index contributed by atoms with van der Waals surface area (Å²) in [6.07, 6.45) is 0.163. The second kappa shape index (κ2) is 9.84. The number of amides is 2. The van der Waals surface area contributed by atoms with Crippen LogP contribution in [0.15, 0.2) is 51.0 Å². The Hall–Kier alpha value is -3.04. The number of anilines is 2. The summed E-state index contributed by atoms with van der Waals surface area (Å²) in [6.45, 7) is 4.25. The minimum absolute atomic E-state index is 0.0930. The third-order valence-corrected chi connectivity index (χ3v) is 7.48. The predicted octanol–water partition coefficient (Wildman–Crippen LogP) is 4.92. The van der Waals surface area contributed by atoms with Crippen LogP contribution in [0.2, 0.25) is 0 Å². The van der Waals surface area contributed by atoms with Gasteiger partial charge in [-0.3, -0.25) is 9.59 Å². The molecule has 0 spiro atoms. The molecule has 9 heteroatoms. The van der Waals surface area contributed by atoms with Crippen molar-refractivity contribution in [1.29, 1.82) is 0 Å². The molecule has 2 amide bonds. The average Bonchev–Trinajstić information content (AvgIpc) is 3.40. The fourth-order valence-electron chi connectivity index (χ4n) is 3.68. The number of rotatable bonds is 7. The van der Waals surface area contributed by atoms with E-state index in [1.807, 2.05) is 37.4 Å². The molecular formula is C24H25N3O4S2. The summed E-state index contributed by atoms with van der Waals surface area (Å²) < 4.78 is 11.6. The lowest BCUT2D eigenvalue weighted by molar-refractivity contribution is -0.122. The third-order valence-electron chi connectivity index (χ3n) is 5.43. The Morgan fingerprint density at radius 2 is 1.94 bits per heavy atom. The normalized spacial score (nSPS) is 15.6. The van der Waals surface area contributed by atoms with Crippen LogP contribution in [0.4, 0.5) is 11.4 Å². The Bertz CT molecular complexity index is 1190. The summed E-state index contributed by atoms with van der Waals surface area (Å²) in [6, 6.07) is 11.2. The number of hydrogen-bond acceptors (Lipinski definition) is 7. The van der Waals surface area contributed by atoms with Crippen molar-refractivity contribution in [3.05, 3.63) is 53.0 Å². The summed E-state index contributed by atoms with van der Waals surface area (Å²) in [5, 5.41) is 5.02. The zero-order valence-corrected chi connectivity index (χ0v) is 20.5. The Morgan fingerprint density at radius 3 is 2.61 bits per heavy atom. The van der Waals surface area contributed by atoms with Crippen LogP contribution in [0.1, 0.15) is 17.7 Å². The van der Waals surface area contributed by atoms with Crippen LogP contribution in [-0.2, 0) is 9.59 Å². The van der Waals surface area contributed by atoms with Gasteiger partial charge in [0.2, 0.25) is 11.8 Å². The highest BCUT2D eigenvalue weighted by atomic mass is 32.2. The maximum atomic E-state index is 12.9. The standard InChI is InChI=1S/C24H25N3O4S2/c1-14-9-18(33-24-25-15(2)13-32-24)6-7-19(14)26-23(29)16-10-22(28)27(12-16)17-5-8-20(30-3)21(11-17)31-4/h5-9,11,13,16H,10,12H2,1-4H3,(H,26,29). The van der Waals surface area contributed by atoms with Gasteiger partial charge in [0.25, 0.3) is 0 Å². The fourth-order valence-corrected chi connectivity index (χ4v) is 5.59. The first-order valence-corrected chi connectivity index (χ1v) is 12.1. The second-order valence-corrected chi connectivity index (χ2v) is 9.95. The number of nitrogens with zero attached hydrogens (tertiary/aromatic N) is 2. The maximum Gasteiger partial charge on any atom is 0.229 e. The van der Waals surface area contributed by atoms with E-state index in [4.69, 9.17) is 9.47 Å². The first-order chi connectivity index (χ1) is 15.9. The van der Waals surface area contributed by atoms with Gasteiger partial charge in [0.1, 0.15) is 0 Å². The molecule has 2 aromatic carbocycles. The van der Waals surface area contributed by atoms with Crippen LogP contribution < -0.4 is 19.7 Å². The lowest BCUT2D eigenvalue weighted by Crippen LogP contribution is -2.28. The molecule has 0 radical (unpaired) electrons. The molecule has 1 unspecified atom stereocenters. The molecule has 3 aromatic rings. The van der Waals surface area contributed by atoms with Crippen molar-refractivity contribution in [1.82, 2.24) is 4.98 Å². The number of aromatic nitrogens is 1. The molecule has 0 aliphatic carbocycles. The molecule has 0 saturated carbocycles. The number of thiazole rings is 1. The van der Waals surface area contributed by atoms with Crippen LogP contribution in [0.5, 0.6) is 11.5 Å². The quantitative estimate of drug-likeness (QED) is 0.514. The number of benzene rings is 2. The van der Waals surface area contributed by atoms with E-state index in [0.29, 0.717) is 23.7 Å². The zero-order chi connectivity index (χ0) is 23.5. The number of carbonyl (C=O) groups is 2. The molecule has 33 heavy (non-hydrogen) atoms. The van der Waals surface area contributed by atoms with Crippen LogP contribution >= 0.6 is 23.1 Å². The van der Waals surface area contributed by atoms with Crippen molar-refractivity contribution < 1.29 is 19.1 Å². The minimum atomic E-state index is -0.433. The van der Waals surface area contributed by atoms with Gasteiger partial charge in [-0.25, -0.2) is 4.98 Å². The fraction of sp³-hybridized carbons (Fsp3) is 0.292. The highest BCUT2D eigenvalue weighted by molar-refractivity contribution is 8.01. The van der Waals surface area contributed by atoms with Gasteiger partial charge in [-0.2, -0.15) is 0 Å². The molecule has 4 rings (SSSR count). The predicted molar refractivity (Wildman–Crippen MR) is 131 cm³/mol. The first-order valence-electron chi connectivity index (χ1n) is 10.4. The zero-order valence-electron chi connectivity index (χ0n) is 18.9. The summed E-state index contributed by atoms with van der Waals surface area (Å²) in [5.74, 6) is 0.439. The molecular weight excluding hydrogens is 458 g/mol. The van der Waals surface area contributed by atoms with Gasteiger partial charge >= 0.3 is 0 Å². The van der Waals surface area contributed by atoms with E-state index in [9.17, 15) is 9.59 Å². The molecule has 1 aliphatic rings. The molecule has 0 bridgehead atoms. The number of aryl methyl sites for hydroxylation is 2. The van der Waals surface area contributed by atoms with E-state index in [0.717, 1.165) is 26.2 Å². The number of carbonyl (C=O) groups excluding carboxylic acids is 2. The van der Waals surface area contributed by atoms with Crippen molar-refractivity contribution in [2.75, 3.05) is 31.0 Å². The Labute approximate surface area is 201 Å². The van der Waals surface area contributed by atoms with Crippen LogP contribution in [-0.4, -0.2) is 37.6 Å². The molecule has 1 saturated heterocycles. The van der Waals surface area contributed by atoms with Crippen molar-refractivity contribution in [2.45, 2.75) is 29.5 Å². The number of ether oxygens (including phenoxy) is 2. The average molecular weight is 484 g/mol. The van der Waals surface area contributed by atoms with Crippen molar-refractivity contribution >= 4 is 46.3 Å². The molecule has 2 heterocycles. The van der Waals surface area contributed by atoms with Gasteiger partial charge in [-0.15, -0.1) is 11.3 Å². The Morgan fingerprint density at radius 1 is 1.15 bits per heavy atom. The van der Waals surface area contributed by atoms with E-state index in [-0.39, 0.29) is 18.2 Å². The van der Waals surface area contributed by atoms with Crippen molar-refractivity contribution in [2.24, 2.45) is 5.92 Å². The first kappa shape index (κ1) is 23.1. The molecule has 1 aliphatic heterocycles. The SMILES string of the molecule is COc1ccc(N2CC(C(=O)Nc3ccc(Sc4nc(C)cs4)cc3C)CC2=O)cc1OC. The summed E-state index contributed by atoms with van der Waals surface area (Å²) in [4.78, 5) is 32.8. The minimum Gasteiger partial charge on any atom is -0.493 e. The molecule has 1 N–H and O–H groups in total. The highest BCUT2D eigenvalue weighted by Gasteiger charge is 2.35. The second-order valence-electron chi connectivity index (χ2n) is 7.77. The topological polar surface area (TPSA) is 80.8 Å². The Balaban J connectivity index is 1.42. The number of hydrogen-bond donors (Lipinski definition) is 1. The monoisotopic (exact) mass is 483 g/mol. The van der Waals surface area contributed by atoms with Crippen LogP contribution in [0, 0.1) is 19.8 Å². The van der Waals surface area contributed by atoms with E-state index in [1.165, 1.54) is 0 Å². The van der Waals surface area contributed by atoms with E-state index in [2.05, 4.69) is 10.3 Å². The van der Waals surface area contributed by atoms with Crippen molar-refractivity contribution in [3.63, 3.8) is 0 Å². The van der Waals surface area contributed by atoms with Gasteiger partial charge in [0.15, 0.2) is 15.8 Å². The van der Waals surface area contributed by atoms with Gasteiger partial charge in [-0.1, -0.05) is 11.8 Å². The summed E-state index contributed by atoms with van der Waals surface area (Å²) in [5.41, 5.74) is 3.40. The smallest absolute Gasteiger partial charge is 0.229 e. The molecule has 1 fully saturated rings. The van der Waals surface area contributed by atoms with Gasteiger partial charge in [-0.05, 0) is 49.7 Å². The largest absolute Gasteiger partial charge is 0.493 e. The Kier molecular flexibility index (Phi) is 6.90. The van der Waals surface area contributed by atoms with Crippen LogP contribution in [0.3, 0.4) is 0 Å². The van der Waals surface area contributed by atoms with E-state index in [1.54, 1.807) is 60.4 Å². The maximum absolute atomic E-state index is 12.9. The van der Waals surface area contributed by atoms with E-state index >= 15 is 0 Å². The molecule has 1 atom stereocenters. The molecule has 172 valence electrons. The van der Waals surface area contributed by atoms with Crippen molar-refractivity contribution in [3.8, 4) is 11.5 Å². The van der Waals surface area contributed by atoms with Gasteiger partial charge < -0.3 is 19.7 Å². The number of methoxy groups -OCH3 is 2. The lowest BCUT2D eigenvalue weighted by atomic mass is 10.1. The number of nitrogens with one attached hydrogen (secondary N) is 1. The molecule has 1 aromatic heterocycles. The highest BCUT2D eigenvalue weighted by Crippen LogP contribution is 2.35. The van der Waals surface area contributed by atoms with Crippen LogP contribution in [0.25, 0.3) is 0 Å². The lowest BCUT2D eigenvalue weighted by Gasteiger charge is -2.19. The van der Waals surface area contributed by atoms with E-state index < -0.39 is 5.92 Å².